The average molecular weight is 132 g/mol. The third kappa shape index (κ3) is 1.42. The Kier molecular flexibility index (Phi) is 1.67. The van der Waals surface area contributed by atoms with E-state index >= 15 is 0 Å². The molecule has 0 aromatic rings. The lowest BCUT2D eigenvalue weighted by Crippen LogP contribution is -2.04. The van der Waals surface area contributed by atoms with Crippen LogP contribution in [0.25, 0.3) is 0 Å². The molecule has 1 atom stereocenters. The topological polar surface area (TPSA) is 35.5 Å². The molecule has 1 fully saturated rings. The zero-order chi connectivity index (χ0) is 6.69. The van der Waals surface area contributed by atoms with Crippen LogP contribution in [0.3, 0.4) is 0 Å². The quantitative estimate of drug-likeness (QED) is 0.499. The Labute approximate surface area is 51.1 Å². The molecule has 0 N–H and O–H groups in total. The Morgan fingerprint density at radius 3 is 3.00 bits per heavy atom. The van der Waals surface area contributed by atoms with Crippen molar-refractivity contribution in [1.82, 2.24) is 0 Å². The maximum Gasteiger partial charge on any atom is 0.509 e. The van der Waals surface area contributed by atoms with E-state index in [-0.39, 0.29) is 6.61 Å². The summed E-state index contributed by atoms with van der Waals surface area (Å²) in [7, 11) is 0. The van der Waals surface area contributed by atoms with Crippen LogP contribution in [0.5, 0.6) is 0 Å². The minimum Gasteiger partial charge on any atom is -0.430 e. The molecule has 4 heteroatoms. The van der Waals surface area contributed by atoms with Crippen molar-refractivity contribution in [1.29, 1.82) is 0 Å². The molecular formula is C5H5FO3. The standard InChI is InChI=1S/C5H5FO3/c6-2-1-4-3-8-5(7)9-4/h1-2,4H,3H2/b2-1+. The lowest BCUT2D eigenvalue weighted by Gasteiger charge is -1.93. The van der Waals surface area contributed by atoms with Gasteiger partial charge in [0.15, 0.2) is 6.10 Å². The molecule has 1 aliphatic rings. The van der Waals surface area contributed by atoms with E-state index in [1.807, 2.05) is 0 Å². The normalized spacial score (nSPS) is 26.3. The summed E-state index contributed by atoms with van der Waals surface area (Å²) in [6.45, 7) is 0.110. The number of ether oxygens (including phenoxy) is 2. The molecule has 0 saturated carbocycles. The van der Waals surface area contributed by atoms with E-state index in [1.54, 1.807) is 0 Å². The number of carbonyl (C=O) groups excluding carboxylic acids is 1. The van der Waals surface area contributed by atoms with Gasteiger partial charge in [-0.1, -0.05) is 0 Å². The molecular weight excluding hydrogens is 127 g/mol. The van der Waals surface area contributed by atoms with Crippen molar-refractivity contribution in [2.75, 3.05) is 6.61 Å². The van der Waals surface area contributed by atoms with E-state index in [4.69, 9.17) is 0 Å². The highest BCUT2D eigenvalue weighted by molar-refractivity contribution is 5.62. The Morgan fingerprint density at radius 1 is 1.78 bits per heavy atom. The molecule has 3 nitrogen and oxygen atoms in total. The molecule has 1 saturated heterocycles. The molecule has 9 heavy (non-hydrogen) atoms. The summed E-state index contributed by atoms with van der Waals surface area (Å²) in [5.41, 5.74) is 0. The first-order valence-electron chi connectivity index (χ1n) is 2.43. The Bertz CT molecular complexity index is 143. The van der Waals surface area contributed by atoms with Crippen molar-refractivity contribution in [3.63, 3.8) is 0 Å². The molecule has 50 valence electrons. The van der Waals surface area contributed by atoms with Crippen LogP contribution in [-0.2, 0) is 9.47 Å². The van der Waals surface area contributed by atoms with Gasteiger partial charge in [0.1, 0.15) is 6.61 Å². The molecule has 0 amide bonds. The summed E-state index contributed by atoms with van der Waals surface area (Å²) in [6, 6.07) is 0. The molecule has 1 aliphatic heterocycles. The maximum atomic E-state index is 11.3. The second-order valence-corrected chi connectivity index (χ2v) is 1.54. The van der Waals surface area contributed by atoms with Crippen LogP contribution in [0.1, 0.15) is 0 Å². The number of halogens is 1. The van der Waals surface area contributed by atoms with Gasteiger partial charge in [0.2, 0.25) is 0 Å². The van der Waals surface area contributed by atoms with Crippen LogP contribution in [0.4, 0.5) is 9.18 Å². The van der Waals surface area contributed by atoms with E-state index in [9.17, 15) is 9.18 Å². The van der Waals surface area contributed by atoms with Gasteiger partial charge >= 0.3 is 6.16 Å². The largest absolute Gasteiger partial charge is 0.509 e. The number of hydrogen-bond acceptors (Lipinski definition) is 3. The highest BCUT2D eigenvalue weighted by atomic mass is 19.1. The predicted molar refractivity (Wildman–Crippen MR) is 26.5 cm³/mol. The van der Waals surface area contributed by atoms with Crippen LogP contribution in [0, 0.1) is 0 Å². The third-order valence-electron chi connectivity index (χ3n) is 0.900. The molecule has 1 rings (SSSR count). The number of hydrogen-bond donors (Lipinski definition) is 0. The molecule has 0 radical (unpaired) electrons. The minimum absolute atomic E-state index is 0.110. The predicted octanol–water partition coefficient (Wildman–Crippen LogP) is 1.00. The van der Waals surface area contributed by atoms with Crippen molar-refractivity contribution in [2.24, 2.45) is 0 Å². The van der Waals surface area contributed by atoms with Crippen LogP contribution >= 0.6 is 0 Å². The summed E-state index contributed by atoms with van der Waals surface area (Å²) < 4.78 is 20.1. The van der Waals surface area contributed by atoms with Gasteiger partial charge in [-0.25, -0.2) is 9.18 Å². The summed E-state index contributed by atoms with van der Waals surface area (Å²) in [4.78, 5) is 10.1. The average Bonchev–Trinajstić information content (AvgIpc) is 2.17. The molecule has 0 spiro atoms. The van der Waals surface area contributed by atoms with Crippen LogP contribution < -0.4 is 0 Å². The highest BCUT2D eigenvalue weighted by Crippen LogP contribution is 2.06. The van der Waals surface area contributed by atoms with Crippen molar-refractivity contribution in [3.8, 4) is 0 Å². The highest BCUT2D eigenvalue weighted by Gasteiger charge is 2.21. The lowest BCUT2D eigenvalue weighted by molar-refractivity contribution is 0.125. The second kappa shape index (κ2) is 2.48. The zero-order valence-electron chi connectivity index (χ0n) is 4.54. The van der Waals surface area contributed by atoms with Crippen LogP contribution in [0.2, 0.25) is 0 Å². The number of rotatable bonds is 1. The van der Waals surface area contributed by atoms with Gasteiger partial charge in [-0.3, -0.25) is 0 Å². The van der Waals surface area contributed by atoms with E-state index in [2.05, 4.69) is 9.47 Å². The smallest absolute Gasteiger partial charge is 0.430 e. The minimum atomic E-state index is -0.738. The first-order valence-corrected chi connectivity index (χ1v) is 2.43. The van der Waals surface area contributed by atoms with Gasteiger partial charge in [-0.2, -0.15) is 0 Å². The van der Waals surface area contributed by atoms with Gasteiger partial charge in [-0.05, 0) is 6.08 Å². The summed E-state index contributed by atoms with van der Waals surface area (Å²) >= 11 is 0. The Balaban J connectivity index is 2.39. The van der Waals surface area contributed by atoms with Gasteiger partial charge < -0.3 is 9.47 Å². The van der Waals surface area contributed by atoms with E-state index in [0.717, 1.165) is 6.08 Å². The van der Waals surface area contributed by atoms with Gasteiger partial charge in [-0.15, -0.1) is 0 Å². The fourth-order valence-corrected chi connectivity index (χ4v) is 0.518. The molecule has 0 aliphatic carbocycles. The SMILES string of the molecule is O=C1OCC(/C=C/F)O1. The molecule has 0 bridgehead atoms. The summed E-state index contributed by atoms with van der Waals surface area (Å²) in [5.74, 6) is 0. The Hall–Kier alpha value is -1.06. The second-order valence-electron chi connectivity index (χ2n) is 1.54. The van der Waals surface area contributed by atoms with Crippen LogP contribution in [0.15, 0.2) is 12.4 Å². The maximum absolute atomic E-state index is 11.3. The number of carbonyl (C=O) groups is 1. The van der Waals surface area contributed by atoms with Crippen molar-refractivity contribution >= 4 is 6.16 Å². The van der Waals surface area contributed by atoms with Gasteiger partial charge in [0.05, 0.1) is 6.33 Å². The van der Waals surface area contributed by atoms with Gasteiger partial charge in [0, 0.05) is 0 Å². The summed E-state index contributed by atoms with van der Waals surface area (Å²) in [5, 5.41) is 0. The van der Waals surface area contributed by atoms with Crippen molar-refractivity contribution in [2.45, 2.75) is 6.10 Å². The number of cyclic esters (lactones) is 2. The van der Waals surface area contributed by atoms with Gasteiger partial charge in [0.25, 0.3) is 0 Å². The first-order chi connectivity index (χ1) is 4.33. The fourth-order valence-electron chi connectivity index (χ4n) is 0.518. The third-order valence-corrected chi connectivity index (χ3v) is 0.900. The van der Waals surface area contributed by atoms with Crippen molar-refractivity contribution in [3.05, 3.63) is 12.4 Å². The van der Waals surface area contributed by atoms with E-state index in [0.29, 0.717) is 6.33 Å². The van der Waals surface area contributed by atoms with Crippen molar-refractivity contribution < 1.29 is 18.7 Å². The molecule has 0 aromatic carbocycles. The Morgan fingerprint density at radius 2 is 2.56 bits per heavy atom. The molecule has 1 heterocycles. The van der Waals surface area contributed by atoms with E-state index < -0.39 is 12.3 Å². The monoisotopic (exact) mass is 132 g/mol. The molecule has 1 unspecified atom stereocenters. The first kappa shape index (κ1) is 6.07. The van der Waals surface area contributed by atoms with Crippen LogP contribution in [-0.4, -0.2) is 18.9 Å². The lowest BCUT2D eigenvalue weighted by atomic mass is 10.4. The summed E-state index contributed by atoms with van der Waals surface area (Å²) in [6.07, 6.45) is 0.165. The van der Waals surface area contributed by atoms with E-state index in [1.165, 1.54) is 0 Å². The molecule has 0 aromatic heterocycles. The fraction of sp³-hybridized carbons (Fsp3) is 0.400. The zero-order valence-corrected chi connectivity index (χ0v) is 4.54.